The Bertz CT molecular complexity index is 1390. The second-order valence-corrected chi connectivity index (χ2v) is 8.94. The van der Waals surface area contributed by atoms with Gasteiger partial charge >= 0.3 is 5.63 Å². The van der Waals surface area contributed by atoms with Crippen LogP contribution in [0.5, 0.6) is 0 Å². The molecule has 0 saturated heterocycles. The molecule has 1 unspecified atom stereocenters. The molecule has 30 heavy (non-hydrogen) atoms. The van der Waals surface area contributed by atoms with Crippen LogP contribution in [-0.4, -0.2) is 0 Å². The predicted octanol–water partition coefficient (Wildman–Crippen LogP) is 7.13. The van der Waals surface area contributed by atoms with Gasteiger partial charge in [-0.3, -0.25) is 0 Å². The molecule has 3 heteroatoms. The fourth-order valence-corrected chi connectivity index (χ4v) is 5.30. The zero-order chi connectivity index (χ0) is 21.0. The Balaban J connectivity index is 1.86. The fourth-order valence-electron chi connectivity index (χ4n) is 4.48. The number of hydrogen-bond donors (Lipinski definition) is 0. The first-order chi connectivity index (χ1) is 14.4. The third-order valence-corrected chi connectivity index (χ3v) is 6.70. The molecule has 0 radical (unpaired) electrons. The lowest BCUT2D eigenvalue weighted by atomic mass is 9.83. The van der Waals surface area contributed by atoms with Gasteiger partial charge in [-0.2, -0.15) is 0 Å². The maximum atomic E-state index is 12.1. The normalized spacial score (nSPS) is 15.7. The number of hydrogen-bond acceptors (Lipinski definition) is 2. The zero-order valence-corrected chi connectivity index (χ0v) is 18.7. The van der Waals surface area contributed by atoms with Crippen molar-refractivity contribution in [3.8, 4) is 0 Å². The van der Waals surface area contributed by atoms with Crippen LogP contribution in [0.4, 0.5) is 0 Å². The molecule has 5 rings (SSSR count). The van der Waals surface area contributed by atoms with Crippen molar-refractivity contribution in [1.82, 2.24) is 0 Å². The predicted molar refractivity (Wildman–Crippen MR) is 127 cm³/mol. The van der Waals surface area contributed by atoms with Crippen molar-refractivity contribution in [1.29, 1.82) is 0 Å². The number of allylic oxidation sites excluding steroid dienone is 1. The van der Waals surface area contributed by atoms with E-state index in [4.69, 9.17) is 4.42 Å². The molecule has 0 saturated carbocycles. The largest absolute Gasteiger partial charge is 0.422 e. The summed E-state index contributed by atoms with van der Waals surface area (Å²) >= 11 is 3.91. The van der Waals surface area contributed by atoms with Gasteiger partial charge in [0.1, 0.15) is 5.58 Å². The molecule has 1 aliphatic rings. The molecule has 3 aromatic carbocycles. The van der Waals surface area contributed by atoms with Crippen LogP contribution in [0, 0.1) is 20.8 Å². The highest BCUT2D eigenvalue weighted by atomic mass is 79.9. The van der Waals surface area contributed by atoms with Crippen LogP contribution in [0.1, 0.15) is 44.9 Å². The first-order valence-corrected chi connectivity index (χ1v) is 10.8. The number of halogens is 1. The van der Waals surface area contributed by atoms with Crippen LogP contribution in [0.3, 0.4) is 0 Å². The van der Waals surface area contributed by atoms with Gasteiger partial charge in [0.2, 0.25) is 0 Å². The third-order valence-electron chi connectivity index (χ3n) is 5.85. The Kier molecular flexibility index (Phi) is 4.52. The van der Waals surface area contributed by atoms with E-state index in [1.807, 2.05) is 6.07 Å². The second-order valence-electron chi connectivity index (χ2n) is 8.14. The minimum Gasteiger partial charge on any atom is -0.422 e. The molecule has 0 amide bonds. The SMILES string of the molecule is Cc1ccc(C2=C(Br)c3ccc(C)cc3C2c2cc(C)cc3ccc(=O)oc23)cc1. The molecule has 0 spiro atoms. The van der Waals surface area contributed by atoms with Crippen LogP contribution in [-0.2, 0) is 0 Å². The number of benzene rings is 3. The molecule has 1 heterocycles. The van der Waals surface area contributed by atoms with Crippen molar-refractivity contribution < 1.29 is 4.42 Å². The minimum absolute atomic E-state index is 0.0232. The molecule has 0 N–H and O–H groups in total. The Morgan fingerprint density at radius 1 is 0.767 bits per heavy atom. The highest BCUT2D eigenvalue weighted by molar-refractivity contribution is 9.15. The minimum atomic E-state index is -0.324. The van der Waals surface area contributed by atoms with Crippen molar-refractivity contribution >= 4 is 37.0 Å². The van der Waals surface area contributed by atoms with Crippen LogP contribution >= 0.6 is 15.9 Å². The number of rotatable bonds is 2. The van der Waals surface area contributed by atoms with Crippen LogP contribution in [0.25, 0.3) is 21.0 Å². The average Bonchev–Trinajstić information content (AvgIpc) is 3.00. The molecule has 0 fully saturated rings. The summed E-state index contributed by atoms with van der Waals surface area (Å²) in [4.78, 5) is 12.1. The highest BCUT2D eigenvalue weighted by Gasteiger charge is 2.34. The average molecular weight is 457 g/mol. The van der Waals surface area contributed by atoms with Crippen LogP contribution in [0.15, 0.2) is 75.9 Å². The van der Waals surface area contributed by atoms with Gasteiger partial charge in [0.15, 0.2) is 0 Å². The van der Waals surface area contributed by atoms with E-state index in [1.165, 1.54) is 39.5 Å². The second kappa shape index (κ2) is 7.10. The molecular weight excluding hydrogens is 436 g/mol. The third kappa shape index (κ3) is 3.05. The summed E-state index contributed by atoms with van der Waals surface area (Å²) in [7, 11) is 0. The Hall–Kier alpha value is -2.91. The summed E-state index contributed by atoms with van der Waals surface area (Å²) in [5.41, 5.74) is 9.74. The lowest BCUT2D eigenvalue weighted by molar-refractivity contribution is 0.556. The molecule has 1 aromatic heterocycles. The molecule has 0 bridgehead atoms. The molecule has 148 valence electrons. The van der Waals surface area contributed by atoms with E-state index < -0.39 is 0 Å². The van der Waals surface area contributed by atoms with E-state index in [0.717, 1.165) is 21.0 Å². The van der Waals surface area contributed by atoms with Gasteiger partial charge in [-0.1, -0.05) is 59.7 Å². The van der Waals surface area contributed by atoms with Crippen molar-refractivity contribution in [2.24, 2.45) is 0 Å². The molecule has 1 aliphatic carbocycles. The lowest BCUT2D eigenvalue weighted by Gasteiger charge is -2.20. The monoisotopic (exact) mass is 456 g/mol. The van der Waals surface area contributed by atoms with Crippen LogP contribution in [0.2, 0.25) is 0 Å². The summed E-state index contributed by atoms with van der Waals surface area (Å²) in [5, 5.41) is 0.949. The molecule has 4 aromatic rings. The van der Waals surface area contributed by atoms with E-state index in [0.29, 0.717) is 5.58 Å². The van der Waals surface area contributed by atoms with E-state index >= 15 is 0 Å². The van der Waals surface area contributed by atoms with Gasteiger partial charge in [0.25, 0.3) is 0 Å². The molecular formula is C27H21BrO2. The standard InChI is InChI=1S/C27H21BrO2/c1-15-4-7-18(8-5-15)24-25(21-13-16(2)6-10-20(21)26(24)28)22-14-17(3)12-19-9-11-23(29)30-27(19)22/h4-14,25H,1-3H3. The smallest absolute Gasteiger partial charge is 0.336 e. The Morgan fingerprint density at radius 3 is 2.23 bits per heavy atom. The summed E-state index contributed by atoms with van der Waals surface area (Å²) in [6.45, 7) is 6.30. The van der Waals surface area contributed by atoms with Gasteiger partial charge in [0, 0.05) is 27.4 Å². The molecule has 0 aliphatic heterocycles. The summed E-state index contributed by atoms with van der Waals surface area (Å²) in [5.74, 6) is -0.0232. The van der Waals surface area contributed by atoms with Crippen LogP contribution < -0.4 is 5.63 Å². The maximum absolute atomic E-state index is 12.1. The first kappa shape index (κ1) is 19.1. The topological polar surface area (TPSA) is 30.2 Å². The molecule has 2 nitrogen and oxygen atoms in total. The van der Waals surface area contributed by atoms with Crippen molar-refractivity contribution in [3.05, 3.63) is 116 Å². The Morgan fingerprint density at radius 2 is 1.47 bits per heavy atom. The van der Waals surface area contributed by atoms with E-state index in [1.54, 1.807) is 0 Å². The van der Waals surface area contributed by atoms with E-state index in [9.17, 15) is 4.79 Å². The molecule has 1 atom stereocenters. The number of aryl methyl sites for hydroxylation is 3. The van der Waals surface area contributed by atoms with Gasteiger partial charge < -0.3 is 4.42 Å². The van der Waals surface area contributed by atoms with E-state index in [-0.39, 0.29) is 11.5 Å². The van der Waals surface area contributed by atoms with Gasteiger partial charge in [0.05, 0.1) is 0 Å². The summed E-state index contributed by atoms with van der Waals surface area (Å²) in [6, 6.07) is 22.8. The van der Waals surface area contributed by atoms with Crippen molar-refractivity contribution in [2.45, 2.75) is 26.7 Å². The zero-order valence-electron chi connectivity index (χ0n) is 17.1. The Labute approximate surface area is 184 Å². The fraction of sp³-hybridized carbons (Fsp3) is 0.148. The van der Waals surface area contributed by atoms with Gasteiger partial charge in [-0.05, 0) is 76.7 Å². The van der Waals surface area contributed by atoms with Gasteiger partial charge in [-0.25, -0.2) is 4.79 Å². The quantitative estimate of drug-likeness (QED) is 0.300. The summed E-state index contributed by atoms with van der Waals surface area (Å²) < 4.78 is 6.85. The summed E-state index contributed by atoms with van der Waals surface area (Å²) in [6.07, 6.45) is 0. The maximum Gasteiger partial charge on any atom is 0.336 e. The first-order valence-electron chi connectivity index (χ1n) is 10.0. The van der Waals surface area contributed by atoms with Crippen molar-refractivity contribution in [2.75, 3.05) is 0 Å². The highest BCUT2D eigenvalue weighted by Crippen LogP contribution is 2.53. The van der Waals surface area contributed by atoms with Crippen molar-refractivity contribution in [3.63, 3.8) is 0 Å². The van der Waals surface area contributed by atoms with E-state index in [2.05, 4.69) is 91.3 Å². The number of fused-ring (bicyclic) bond motifs is 2. The van der Waals surface area contributed by atoms with Gasteiger partial charge in [-0.15, -0.1) is 0 Å². The lowest BCUT2D eigenvalue weighted by Crippen LogP contribution is -2.05.